The number of nitrogens with two attached hydrogens (primary N) is 1. The first-order valence-corrected chi connectivity index (χ1v) is 10.4. The van der Waals surface area contributed by atoms with Crippen molar-refractivity contribution in [2.75, 3.05) is 30.7 Å². The molecular formula is C21H29N7O. The van der Waals surface area contributed by atoms with Crippen LogP contribution in [0.4, 0.5) is 17.6 Å². The van der Waals surface area contributed by atoms with Crippen LogP contribution in [0.15, 0.2) is 30.3 Å². The monoisotopic (exact) mass is 395 g/mol. The highest BCUT2D eigenvalue weighted by Crippen LogP contribution is 2.29. The molecule has 0 bridgehead atoms. The van der Waals surface area contributed by atoms with E-state index in [1.54, 1.807) is 0 Å². The topological polar surface area (TPSA) is 109 Å². The number of nitrogens with one attached hydrogen (secondary N) is 2. The number of benzene rings is 1. The Hall–Kier alpha value is -2.74. The van der Waals surface area contributed by atoms with Gasteiger partial charge >= 0.3 is 0 Å². The van der Waals surface area contributed by atoms with E-state index in [-0.39, 0.29) is 23.8 Å². The van der Waals surface area contributed by atoms with Crippen molar-refractivity contribution in [1.29, 1.82) is 0 Å². The van der Waals surface area contributed by atoms with E-state index < -0.39 is 0 Å². The lowest BCUT2D eigenvalue weighted by molar-refractivity contribution is -0.127. The number of aromatic nitrogens is 3. The molecular weight excluding hydrogens is 366 g/mol. The number of hydrogen-bond donors (Lipinski definition) is 3. The van der Waals surface area contributed by atoms with Gasteiger partial charge in [0.2, 0.25) is 17.8 Å². The summed E-state index contributed by atoms with van der Waals surface area (Å²) in [5, 5.41) is 6.30. The molecule has 1 aromatic heterocycles. The Labute approximate surface area is 171 Å². The zero-order chi connectivity index (χ0) is 20.2. The summed E-state index contributed by atoms with van der Waals surface area (Å²) < 4.78 is 0. The number of para-hydroxylation sites is 1. The van der Waals surface area contributed by atoms with Gasteiger partial charge in [0, 0.05) is 18.8 Å². The fraction of sp³-hybridized carbons (Fsp3) is 0.524. The first-order valence-electron chi connectivity index (χ1n) is 10.4. The molecule has 2 heterocycles. The minimum atomic E-state index is -0.0457. The van der Waals surface area contributed by atoms with Gasteiger partial charge in [-0.05, 0) is 57.2 Å². The SMILES string of the molecule is CC(c1nc(N)nc(Nc2ccccc2)n1)N1CCCC(C(=O)NCC2CC2)C1. The smallest absolute Gasteiger partial charge is 0.232 e. The van der Waals surface area contributed by atoms with Gasteiger partial charge in [-0.15, -0.1) is 0 Å². The van der Waals surface area contributed by atoms with Gasteiger partial charge in [0.05, 0.1) is 12.0 Å². The molecule has 29 heavy (non-hydrogen) atoms. The van der Waals surface area contributed by atoms with Crippen molar-refractivity contribution < 1.29 is 4.79 Å². The number of amides is 1. The Balaban J connectivity index is 1.42. The van der Waals surface area contributed by atoms with Gasteiger partial charge in [0.25, 0.3) is 0 Å². The molecule has 0 spiro atoms. The number of rotatable bonds is 7. The van der Waals surface area contributed by atoms with Crippen LogP contribution in [-0.4, -0.2) is 45.4 Å². The molecule has 8 heteroatoms. The van der Waals surface area contributed by atoms with Gasteiger partial charge in [-0.25, -0.2) is 0 Å². The number of nitrogens with zero attached hydrogens (tertiary/aromatic N) is 4. The van der Waals surface area contributed by atoms with Crippen molar-refractivity contribution in [3.05, 3.63) is 36.2 Å². The Morgan fingerprint density at radius 2 is 2.00 bits per heavy atom. The van der Waals surface area contributed by atoms with Crippen molar-refractivity contribution in [2.24, 2.45) is 11.8 Å². The first kappa shape index (κ1) is 19.6. The van der Waals surface area contributed by atoms with Crippen LogP contribution in [0.1, 0.15) is 44.5 Å². The van der Waals surface area contributed by atoms with Crippen LogP contribution in [0.5, 0.6) is 0 Å². The van der Waals surface area contributed by atoms with Crippen molar-refractivity contribution in [1.82, 2.24) is 25.2 Å². The van der Waals surface area contributed by atoms with E-state index in [4.69, 9.17) is 5.73 Å². The van der Waals surface area contributed by atoms with Gasteiger partial charge in [-0.1, -0.05) is 18.2 Å². The van der Waals surface area contributed by atoms with E-state index in [9.17, 15) is 4.79 Å². The average molecular weight is 396 g/mol. The van der Waals surface area contributed by atoms with Crippen molar-refractivity contribution in [2.45, 2.75) is 38.6 Å². The van der Waals surface area contributed by atoms with E-state index in [1.165, 1.54) is 12.8 Å². The number of carbonyl (C=O) groups is 1. The molecule has 2 aliphatic rings. The van der Waals surface area contributed by atoms with Crippen molar-refractivity contribution in [3.8, 4) is 0 Å². The highest BCUT2D eigenvalue weighted by atomic mass is 16.1. The normalized spacial score (nSPS) is 20.8. The minimum Gasteiger partial charge on any atom is -0.368 e. The molecule has 1 aromatic carbocycles. The van der Waals surface area contributed by atoms with Crippen LogP contribution >= 0.6 is 0 Å². The van der Waals surface area contributed by atoms with Crippen LogP contribution < -0.4 is 16.4 Å². The maximum Gasteiger partial charge on any atom is 0.232 e. The van der Waals surface area contributed by atoms with E-state index >= 15 is 0 Å². The molecule has 2 aromatic rings. The second kappa shape index (κ2) is 8.73. The molecule has 1 amide bonds. The number of nitrogen functional groups attached to an aromatic ring is 1. The summed E-state index contributed by atoms with van der Waals surface area (Å²) in [7, 11) is 0. The molecule has 1 aliphatic heterocycles. The molecule has 154 valence electrons. The summed E-state index contributed by atoms with van der Waals surface area (Å²) in [4.78, 5) is 28.0. The van der Waals surface area contributed by atoms with E-state index in [2.05, 4.69) is 37.4 Å². The number of likely N-dealkylation sites (tertiary alicyclic amines) is 1. The zero-order valence-electron chi connectivity index (χ0n) is 16.8. The van der Waals surface area contributed by atoms with Crippen LogP contribution in [0.3, 0.4) is 0 Å². The van der Waals surface area contributed by atoms with Gasteiger partial charge in [-0.2, -0.15) is 15.0 Å². The van der Waals surface area contributed by atoms with Crippen LogP contribution in [0, 0.1) is 11.8 Å². The van der Waals surface area contributed by atoms with Gasteiger partial charge in [0.15, 0.2) is 5.82 Å². The molecule has 1 saturated carbocycles. The molecule has 4 rings (SSSR count). The molecule has 0 radical (unpaired) electrons. The van der Waals surface area contributed by atoms with Crippen molar-refractivity contribution in [3.63, 3.8) is 0 Å². The largest absolute Gasteiger partial charge is 0.368 e. The molecule has 2 atom stereocenters. The predicted molar refractivity (Wildman–Crippen MR) is 112 cm³/mol. The van der Waals surface area contributed by atoms with E-state index in [0.717, 1.165) is 31.6 Å². The second-order valence-electron chi connectivity index (χ2n) is 8.07. The first-order chi connectivity index (χ1) is 14.1. The summed E-state index contributed by atoms with van der Waals surface area (Å²) >= 11 is 0. The maximum absolute atomic E-state index is 12.5. The number of hydrogen-bond acceptors (Lipinski definition) is 7. The molecule has 2 fully saturated rings. The third-order valence-corrected chi connectivity index (χ3v) is 5.71. The number of carbonyl (C=O) groups excluding carboxylic acids is 1. The highest BCUT2D eigenvalue weighted by molar-refractivity contribution is 5.79. The average Bonchev–Trinajstić information content (AvgIpc) is 3.56. The van der Waals surface area contributed by atoms with Gasteiger partial charge < -0.3 is 16.4 Å². The summed E-state index contributed by atoms with van der Waals surface area (Å²) in [5.41, 5.74) is 6.84. The fourth-order valence-electron chi connectivity index (χ4n) is 3.75. The highest BCUT2D eigenvalue weighted by Gasteiger charge is 2.31. The Bertz CT molecular complexity index is 840. The third-order valence-electron chi connectivity index (χ3n) is 5.71. The summed E-state index contributed by atoms with van der Waals surface area (Å²) in [6.07, 6.45) is 4.41. The lowest BCUT2D eigenvalue weighted by Crippen LogP contribution is -2.44. The van der Waals surface area contributed by atoms with Crippen LogP contribution in [0.25, 0.3) is 0 Å². The molecule has 4 N–H and O–H groups in total. The summed E-state index contributed by atoms with van der Waals surface area (Å²) in [6.45, 7) is 4.51. The predicted octanol–water partition coefficient (Wildman–Crippen LogP) is 2.50. The zero-order valence-corrected chi connectivity index (χ0v) is 16.8. The minimum absolute atomic E-state index is 0.0195. The molecule has 1 saturated heterocycles. The molecule has 2 unspecified atom stereocenters. The lowest BCUT2D eigenvalue weighted by Gasteiger charge is -2.35. The molecule has 1 aliphatic carbocycles. The fourth-order valence-corrected chi connectivity index (χ4v) is 3.75. The maximum atomic E-state index is 12.5. The Morgan fingerprint density at radius 3 is 2.76 bits per heavy atom. The second-order valence-corrected chi connectivity index (χ2v) is 8.07. The Kier molecular flexibility index (Phi) is 5.89. The standard InChI is InChI=1S/C21H29N7O/c1-14(28-11-5-6-16(13-28)19(29)23-12-15-9-10-15)18-25-20(22)27-21(26-18)24-17-7-3-2-4-8-17/h2-4,7-8,14-16H,5-6,9-13H2,1H3,(H,23,29)(H3,22,24,25,26,27). The van der Waals surface area contributed by atoms with Crippen molar-refractivity contribution >= 4 is 23.5 Å². The third kappa shape index (κ3) is 5.20. The van der Waals surface area contributed by atoms with Crippen LogP contribution in [0.2, 0.25) is 0 Å². The summed E-state index contributed by atoms with van der Waals surface area (Å²) in [6, 6.07) is 9.68. The quantitative estimate of drug-likeness (QED) is 0.661. The molecule has 8 nitrogen and oxygen atoms in total. The van der Waals surface area contributed by atoms with Gasteiger partial charge in [-0.3, -0.25) is 9.69 Å². The summed E-state index contributed by atoms with van der Waals surface area (Å²) in [5.74, 6) is 2.13. The van der Waals surface area contributed by atoms with E-state index in [0.29, 0.717) is 24.2 Å². The number of piperidine rings is 1. The van der Waals surface area contributed by atoms with E-state index in [1.807, 2.05) is 30.3 Å². The Morgan fingerprint density at radius 1 is 1.21 bits per heavy atom. The van der Waals surface area contributed by atoms with Crippen LogP contribution in [-0.2, 0) is 4.79 Å². The van der Waals surface area contributed by atoms with Gasteiger partial charge in [0.1, 0.15) is 0 Å². The lowest BCUT2D eigenvalue weighted by atomic mass is 9.96. The number of anilines is 3.